The highest BCUT2D eigenvalue weighted by atomic mass is 32.1. The van der Waals surface area contributed by atoms with E-state index in [-0.39, 0.29) is 17.8 Å². The Hall–Kier alpha value is -3.42. The Labute approximate surface area is 202 Å². The predicted molar refractivity (Wildman–Crippen MR) is 133 cm³/mol. The molecular weight excluding hydrogens is 447 g/mol. The van der Waals surface area contributed by atoms with Gasteiger partial charge in [-0.15, -0.1) is 11.3 Å². The summed E-state index contributed by atoms with van der Waals surface area (Å²) in [5.74, 6) is -0.425. The van der Waals surface area contributed by atoms with E-state index in [0.29, 0.717) is 16.8 Å². The van der Waals surface area contributed by atoms with Gasteiger partial charge in [0.25, 0.3) is 5.91 Å². The summed E-state index contributed by atoms with van der Waals surface area (Å²) in [6.07, 6.45) is 5.34. The lowest BCUT2D eigenvalue weighted by Crippen LogP contribution is -2.44. The van der Waals surface area contributed by atoms with E-state index < -0.39 is 0 Å². The molecule has 1 aliphatic heterocycles. The van der Waals surface area contributed by atoms with E-state index in [2.05, 4.69) is 32.3 Å². The van der Waals surface area contributed by atoms with Crippen LogP contribution in [0, 0.1) is 5.82 Å². The number of carbonyl (C=O) groups excluding carboxylic acids is 1. The third-order valence-corrected chi connectivity index (χ3v) is 7.05. The molecule has 1 amide bonds. The zero-order valence-corrected chi connectivity index (χ0v) is 19.5. The van der Waals surface area contributed by atoms with Gasteiger partial charge in [-0.05, 0) is 37.1 Å². The molecule has 0 aliphatic carbocycles. The Kier molecular flexibility index (Phi) is 6.74. The van der Waals surface area contributed by atoms with Gasteiger partial charge in [0.2, 0.25) is 0 Å². The molecule has 1 N–H and O–H groups in total. The van der Waals surface area contributed by atoms with Crippen LogP contribution < -0.4 is 5.32 Å². The van der Waals surface area contributed by atoms with Crippen molar-refractivity contribution in [1.29, 1.82) is 0 Å². The molecule has 1 saturated heterocycles. The number of halogens is 1. The molecule has 172 valence electrons. The molecule has 1 fully saturated rings. The number of nitrogens with one attached hydrogen (secondary N) is 1. The number of benzene rings is 2. The maximum atomic E-state index is 13.4. The number of likely N-dealkylation sites (tertiary alicyclic amines) is 1. The van der Waals surface area contributed by atoms with Gasteiger partial charge < -0.3 is 5.32 Å². The first-order valence-corrected chi connectivity index (χ1v) is 12.2. The molecule has 7 heteroatoms. The first kappa shape index (κ1) is 22.4. The summed E-state index contributed by atoms with van der Waals surface area (Å²) in [6, 6.07) is 20.2. The van der Waals surface area contributed by atoms with Crippen LogP contribution in [-0.2, 0) is 6.54 Å². The number of aromatic nitrogens is 2. The summed E-state index contributed by atoms with van der Waals surface area (Å²) in [6.45, 7) is 2.75. The Balaban J connectivity index is 1.12. The Morgan fingerprint density at radius 1 is 0.971 bits per heavy atom. The van der Waals surface area contributed by atoms with Crippen molar-refractivity contribution in [3.8, 4) is 21.8 Å². The summed E-state index contributed by atoms with van der Waals surface area (Å²) in [5.41, 5.74) is 3.00. The number of rotatable bonds is 6. The van der Waals surface area contributed by atoms with Crippen molar-refractivity contribution < 1.29 is 9.18 Å². The van der Waals surface area contributed by atoms with Gasteiger partial charge in [-0.3, -0.25) is 14.7 Å². The van der Waals surface area contributed by atoms with Gasteiger partial charge in [-0.2, -0.15) is 0 Å². The molecule has 0 spiro atoms. The molecule has 2 aromatic carbocycles. The van der Waals surface area contributed by atoms with Crippen LogP contribution in [0.1, 0.15) is 28.1 Å². The quantitative estimate of drug-likeness (QED) is 0.408. The standard InChI is InChI=1S/C27H25FN4OS/c28-22-8-4-7-20(15-22)25-10-9-21(16-29-25)26(33)31-23-11-13-32(14-12-23)18-24-17-30-27(34-24)19-5-2-1-3-6-19/h1-10,15-17,23H,11-14,18H2,(H,31,33). The molecule has 0 atom stereocenters. The van der Waals surface area contributed by atoms with Gasteiger partial charge in [0, 0.05) is 54.1 Å². The summed E-state index contributed by atoms with van der Waals surface area (Å²) >= 11 is 1.74. The van der Waals surface area contributed by atoms with Gasteiger partial charge in [-0.1, -0.05) is 42.5 Å². The molecule has 0 radical (unpaired) electrons. The fourth-order valence-corrected chi connectivity index (χ4v) is 5.13. The number of hydrogen-bond acceptors (Lipinski definition) is 5. The highest BCUT2D eigenvalue weighted by molar-refractivity contribution is 7.15. The highest BCUT2D eigenvalue weighted by Gasteiger charge is 2.22. The predicted octanol–water partition coefficient (Wildman–Crippen LogP) is 5.41. The fourth-order valence-electron chi connectivity index (χ4n) is 4.17. The van der Waals surface area contributed by atoms with Crippen LogP contribution in [0.25, 0.3) is 21.8 Å². The number of nitrogens with zero attached hydrogens (tertiary/aromatic N) is 3. The normalized spacial score (nSPS) is 14.7. The third kappa shape index (κ3) is 5.38. The van der Waals surface area contributed by atoms with Crippen LogP contribution in [0.2, 0.25) is 0 Å². The van der Waals surface area contributed by atoms with Crippen molar-refractivity contribution in [2.45, 2.75) is 25.4 Å². The van der Waals surface area contributed by atoms with E-state index >= 15 is 0 Å². The van der Waals surface area contributed by atoms with Crippen LogP contribution >= 0.6 is 11.3 Å². The minimum Gasteiger partial charge on any atom is -0.349 e. The Morgan fingerprint density at radius 2 is 1.76 bits per heavy atom. The lowest BCUT2D eigenvalue weighted by Gasteiger charge is -2.31. The van der Waals surface area contributed by atoms with Crippen LogP contribution in [0.15, 0.2) is 79.1 Å². The van der Waals surface area contributed by atoms with E-state index in [1.807, 2.05) is 24.4 Å². The van der Waals surface area contributed by atoms with Crippen molar-refractivity contribution in [2.75, 3.05) is 13.1 Å². The SMILES string of the molecule is O=C(NC1CCN(Cc2cnc(-c3ccccc3)s2)CC1)c1ccc(-c2cccc(F)c2)nc1. The van der Waals surface area contributed by atoms with Crippen LogP contribution in [-0.4, -0.2) is 39.9 Å². The van der Waals surface area contributed by atoms with Gasteiger partial charge in [0.1, 0.15) is 10.8 Å². The van der Waals surface area contributed by atoms with E-state index in [9.17, 15) is 9.18 Å². The molecule has 1 aliphatic rings. The average molecular weight is 473 g/mol. The molecule has 0 unspecified atom stereocenters. The summed E-state index contributed by atoms with van der Waals surface area (Å²) < 4.78 is 13.4. The lowest BCUT2D eigenvalue weighted by molar-refractivity contribution is 0.0909. The molecular formula is C27H25FN4OS. The maximum absolute atomic E-state index is 13.4. The number of hydrogen-bond donors (Lipinski definition) is 1. The second-order valence-corrected chi connectivity index (χ2v) is 9.58. The van der Waals surface area contributed by atoms with E-state index in [1.165, 1.54) is 17.0 Å². The van der Waals surface area contributed by atoms with Gasteiger partial charge >= 0.3 is 0 Å². The Morgan fingerprint density at radius 3 is 2.50 bits per heavy atom. The number of amides is 1. The molecule has 5 rings (SSSR count). The number of carbonyl (C=O) groups is 1. The van der Waals surface area contributed by atoms with Crippen LogP contribution in [0.4, 0.5) is 4.39 Å². The third-order valence-electron chi connectivity index (χ3n) is 6.02. The van der Waals surface area contributed by atoms with E-state index in [1.54, 1.807) is 41.8 Å². The zero-order valence-electron chi connectivity index (χ0n) is 18.7. The second-order valence-electron chi connectivity index (χ2n) is 8.46. The van der Waals surface area contributed by atoms with Gasteiger partial charge in [0.15, 0.2) is 0 Å². The van der Waals surface area contributed by atoms with Crippen molar-refractivity contribution >= 4 is 17.2 Å². The molecule has 0 bridgehead atoms. The largest absolute Gasteiger partial charge is 0.349 e. The topological polar surface area (TPSA) is 58.1 Å². The molecule has 4 aromatic rings. The minimum absolute atomic E-state index is 0.119. The molecule has 5 nitrogen and oxygen atoms in total. The number of thiazole rings is 1. The maximum Gasteiger partial charge on any atom is 0.253 e. The van der Waals surface area contributed by atoms with Crippen LogP contribution in [0.5, 0.6) is 0 Å². The highest BCUT2D eigenvalue weighted by Crippen LogP contribution is 2.26. The number of piperidine rings is 1. The lowest BCUT2D eigenvalue weighted by atomic mass is 10.0. The Bertz CT molecular complexity index is 1250. The van der Waals surface area contributed by atoms with E-state index in [4.69, 9.17) is 0 Å². The van der Waals surface area contributed by atoms with Crippen molar-refractivity contribution in [3.63, 3.8) is 0 Å². The second kappa shape index (κ2) is 10.2. The minimum atomic E-state index is -0.306. The van der Waals surface area contributed by atoms with Crippen LogP contribution in [0.3, 0.4) is 0 Å². The fraction of sp³-hybridized carbons (Fsp3) is 0.222. The van der Waals surface area contributed by atoms with Crippen molar-refractivity contribution in [3.05, 3.63) is 95.4 Å². The average Bonchev–Trinajstić information content (AvgIpc) is 3.34. The first-order valence-electron chi connectivity index (χ1n) is 11.4. The monoisotopic (exact) mass is 472 g/mol. The number of pyridine rings is 1. The van der Waals surface area contributed by atoms with E-state index in [0.717, 1.165) is 43.0 Å². The smallest absolute Gasteiger partial charge is 0.253 e. The molecule has 34 heavy (non-hydrogen) atoms. The summed E-state index contributed by atoms with van der Waals surface area (Å²) in [4.78, 5) is 25.3. The van der Waals surface area contributed by atoms with Crippen molar-refractivity contribution in [1.82, 2.24) is 20.2 Å². The zero-order chi connectivity index (χ0) is 23.3. The summed E-state index contributed by atoms with van der Waals surface area (Å²) in [7, 11) is 0. The van der Waals surface area contributed by atoms with Gasteiger partial charge in [-0.25, -0.2) is 9.37 Å². The summed E-state index contributed by atoms with van der Waals surface area (Å²) in [5, 5.41) is 4.19. The van der Waals surface area contributed by atoms with Gasteiger partial charge in [0.05, 0.1) is 11.3 Å². The van der Waals surface area contributed by atoms with Crippen molar-refractivity contribution in [2.24, 2.45) is 0 Å². The molecule has 2 aromatic heterocycles. The first-order chi connectivity index (χ1) is 16.6. The molecule has 3 heterocycles. The molecule has 0 saturated carbocycles.